The maximum absolute atomic E-state index is 14.4. The molecule has 0 saturated carbocycles. The van der Waals surface area contributed by atoms with E-state index >= 15 is 0 Å². The van der Waals surface area contributed by atoms with Gasteiger partial charge in [0.25, 0.3) is 0 Å². The molecule has 0 aromatic heterocycles. The minimum atomic E-state index is -0.697. The highest BCUT2D eigenvalue weighted by Gasteiger charge is 2.33. The zero-order valence-corrected chi connectivity index (χ0v) is 24.1. The zero-order valence-electron chi connectivity index (χ0n) is 23.4. The third-order valence-electron chi connectivity index (χ3n) is 6.82. The third-order valence-corrected chi connectivity index (χ3v) is 7.07. The molecule has 0 fully saturated rings. The Hall–Kier alpha value is -3.89. The van der Waals surface area contributed by atoms with Crippen molar-refractivity contribution in [2.24, 2.45) is 0 Å². The fourth-order valence-electron chi connectivity index (χ4n) is 4.88. The Morgan fingerprint density at radius 3 is 1.73 bits per heavy atom. The van der Waals surface area contributed by atoms with Crippen LogP contribution in [0.25, 0.3) is 0 Å². The van der Waals surface area contributed by atoms with Crippen LogP contribution >= 0.6 is 11.6 Å². The van der Waals surface area contributed by atoms with E-state index in [1.807, 2.05) is 112 Å². The average molecular weight is 553 g/mol. The molecule has 4 nitrogen and oxygen atoms in total. The molecular formula is C35H37ClN2O2. The van der Waals surface area contributed by atoms with E-state index in [2.05, 4.69) is 29.6 Å². The third kappa shape index (κ3) is 8.30. The molecule has 0 aliphatic carbocycles. The van der Waals surface area contributed by atoms with Crippen LogP contribution in [0.1, 0.15) is 55.4 Å². The van der Waals surface area contributed by atoms with Gasteiger partial charge in [0.1, 0.15) is 6.04 Å². The van der Waals surface area contributed by atoms with Gasteiger partial charge < -0.3 is 10.2 Å². The molecule has 1 N–H and O–H groups in total. The number of hydrogen-bond donors (Lipinski definition) is 1. The molecule has 206 valence electrons. The first kappa shape index (κ1) is 29.1. The van der Waals surface area contributed by atoms with Gasteiger partial charge in [0.05, 0.1) is 0 Å². The molecule has 0 aliphatic heterocycles. The Labute approximate surface area is 243 Å². The van der Waals surface area contributed by atoms with Crippen molar-refractivity contribution in [3.8, 4) is 0 Å². The van der Waals surface area contributed by atoms with Crippen LogP contribution in [0.2, 0.25) is 5.02 Å². The van der Waals surface area contributed by atoms with Gasteiger partial charge in [0.2, 0.25) is 11.8 Å². The second-order valence-electron chi connectivity index (χ2n) is 11.2. The molecule has 4 aromatic rings. The minimum Gasteiger partial charge on any atom is -0.350 e. The Balaban J connectivity index is 1.74. The van der Waals surface area contributed by atoms with Crippen molar-refractivity contribution < 1.29 is 9.59 Å². The lowest BCUT2D eigenvalue weighted by atomic mass is 9.87. The van der Waals surface area contributed by atoms with Gasteiger partial charge >= 0.3 is 0 Å². The molecule has 1 atom stereocenters. The summed E-state index contributed by atoms with van der Waals surface area (Å²) in [6.45, 7) is 6.16. The number of carbonyl (C=O) groups excluding carboxylic acids is 2. The average Bonchev–Trinajstić information content (AvgIpc) is 2.95. The molecule has 0 aliphatic rings. The number of nitrogens with one attached hydrogen (secondary N) is 1. The van der Waals surface area contributed by atoms with Crippen LogP contribution < -0.4 is 5.32 Å². The highest BCUT2D eigenvalue weighted by Crippen LogP contribution is 2.30. The first-order valence-corrected chi connectivity index (χ1v) is 14.1. The molecule has 0 bridgehead atoms. The number of amides is 2. The summed E-state index contributed by atoms with van der Waals surface area (Å²) in [7, 11) is 0. The molecule has 1 unspecified atom stereocenters. The van der Waals surface area contributed by atoms with Gasteiger partial charge in [-0.3, -0.25) is 9.59 Å². The molecule has 0 saturated heterocycles. The number of hydrogen-bond acceptors (Lipinski definition) is 2. The van der Waals surface area contributed by atoms with Crippen LogP contribution in [0.3, 0.4) is 0 Å². The van der Waals surface area contributed by atoms with Gasteiger partial charge in [-0.05, 0) is 55.2 Å². The molecule has 2 amide bonds. The van der Waals surface area contributed by atoms with Crippen LogP contribution in [0.4, 0.5) is 0 Å². The smallest absolute Gasteiger partial charge is 0.243 e. The Morgan fingerprint density at radius 1 is 0.725 bits per heavy atom. The second-order valence-corrected chi connectivity index (χ2v) is 11.6. The van der Waals surface area contributed by atoms with Gasteiger partial charge in [-0.25, -0.2) is 0 Å². The van der Waals surface area contributed by atoms with Crippen LogP contribution in [0.15, 0.2) is 115 Å². The van der Waals surface area contributed by atoms with Crippen molar-refractivity contribution in [2.75, 3.05) is 0 Å². The second kappa shape index (κ2) is 13.5. The van der Waals surface area contributed by atoms with E-state index in [0.29, 0.717) is 18.0 Å². The fraction of sp³-hybridized carbons (Fsp3) is 0.257. The van der Waals surface area contributed by atoms with Crippen molar-refractivity contribution in [1.29, 1.82) is 0 Å². The predicted molar refractivity (Wildman–Crippen MR) is 163 cm³/mol. The lowest BCUT2D eigenvalue weighted by molar-refractivity contribution is -0.142. The van der Waals surface area contributed by atoms with Crippen molar-refractivity contribution in [2.45, 2.75) is 57.7 Å². The number of carbonyl (C=O) groups is 2. The number of benzene rings is 4. The monoisotopic (exact) mass is 552 g/mol. The van der Waals surface area contributed by atoms with Crippen LogP contribution in [-0.4, -0.2) is 28.3 Å². The summed E-state index contributed by atoms with van der Waals surface area (Å²) in [4.78, 5) is 30.0. The molecule has 40 heavy (non-hydrogen) atoms. The summed E-state index contributed by atoms with van der Waals surface area (Å²) in [5.41, 5.74) is 3.58. The van der Waals surface area contributed by atoms with Crippen LogP contribution in [-0.2, 0) is 22.6 Å². The minimum absolute atomic E-state index is 0.0855. The summed E-state index contributed by atoms with van der Waals surface area (Å²) in [5, 5.41) is 3.76. The van der Waals surface area contributed by atoms with Gasteiger partial charge in [-0.15, -0.1) is 0 Å². The molecular weight excluding hydrogens is 516 g/mol. The highest BCUT2D eigenvalue weighted by atomic mass is 35.5. The van der Waals surface area contributed by atoms with Gasteiger partial charge in [-0.2, -0.15) is 0 Å². The summed E-state index contributed by atoms with van der Waals surface area (Å²) in [5.74, 6) is -0.405. The summed E-state index contributed by atoms with van der Waals surface area (Å²) >= 11 is 6.16. The number of nitrogens with zero attached hydrogens (tertiary/aromatic N) is 1. The summed E-state index contributed by atoms with van der Waals surface area (Å²) in [6, 6.07) is 36.8. The SMILES string of the molecule is CC(C)(C)NC(=O)C(Cc1ccccc1)N(Cc1ccc(Cl)cc1)C(=O)CC(c1ccccc1)c1ccccc1. The van der Waals surface area contributed by atoms with E-state index in [4.69, 9.17) is 11.6 Å². The molecule has 4 aromatic carbocycles. The Morgan fingerprint density at radius 2 is 1.23 bits per heavy atom. The molecule has 0 heterocycles. The van der Waals surface area contributed by atoms with Crippen LogP contribution in [0.5, 0.6) is 0 Å². The topological polar surface area (TPSA) is 49.4 Å². The molecule has 0 spiro atoms. The van der Waals surface area contributed by atoms with E-state index in [-0.39, 0.29) is 24.2 Å². The number of halogens is 1. The lowest BCUT2D eigenvalue weighted by Gasteiger charge is -2.35. The standard InChI is InChI=1S/C35H37ClN2O2/c1-35(2,3)37-34(40)32(23-26-13-7-4-8-14-26)38(25-27-19-21-30(36)22-20-27)33(39)24-31(28-15-9-5-10-16-28)29-17-11-6-12-18-29/h4-22,31-32H,23-25H2,1-3H3,(H,37,40). The normalized spacial score (nSPS) is 12.1. The predicted octanol–water partition coefficient (Wildman–Crippen LogP) is 7.42. The quantitative estimate of drug-likeness (QED) is 0.222. The first-order chi connectivity index (χ1) is 19.2. The van der Waals surface area contributed by atoms with Gasteiger partial charge in [-0.1, -0.05) is 115 Å². The maximum atomic E-state index is 14.4. The summed E-state index contributed by atoms with van der Waals surface area (Å²) in [6.07, 6.45) is 0.638. The fourth-order valence-corrected chi connectivity index (χ4v) is 5.01. The lowest BCUT2D eigenvalue weighted by Crippen LogP contribution is -2.54. The summed E-state index contributed by atoms with van der Waals surface area (Å²) < 4.78 is 0. The molecule has 4 rings (SSSR count). The Bertz CT molecular complexity index is 1330. The maximum Gasteiger partial charge on any atom is 0.243 e. The van der Waals surface area contributed by atoms with E-state index in [0.717, 1.165) is 22.3 Å². The molecule has 0 radical (unpaired) electrons. The Kier molecular flexibility index (Phi) is 9.79. The number of rotatable bonds is 10. The highest BCUT2D eigenvalue weighted by molar-refractivity contribution is 6.30. The van der Waals surface area contributed by atoms with E-state index in [9.17, 15) is 9.59 Å². The first-order valence-electron chi connectivity index (χ1n) is 13.7. The zero-order chi connectivity index (χ0) is 28.5. The largest absolute Gasteiger partial charge is 0.350 e. The van der Waals surface area contributed by atoms with E-state index < -0.39 is 11.6 Å². The van der Waals surface area contributed by atoms with Crippen LogP contribution in [0, 0.1) is 0 Å². The van der Waals surface area contributed by atoms with E-state index in [1.54, 1.807) is 4.90 Å². The van der Waals surface area contributed by atoms with E-state index in [1.165, 1.54) is 0 Å². The van der Waals surface area contributed by atoms with Gasteiger partial charge in [0.15, 0.2) is 0 Å². The van der Waals surface area contributed by atoms with Crippen molar-refractivity contribution in [1.82, 2.24) is 10.2 Å². The van der Waals surface area contributed by atoms with Crippen molar-refractivity contribution >= 4 is 23.4 Å². The van der Waals surface area contributed by atoms with Gasteiger partial charge in [0, 0.05) is 35.9 Å². The van der Waals surface area contributed by atoms with Crippen molar-refractivity contribution in [3.63, 3.8) is 0 Å². The molecule has 5 heteroatoms. The van der Waals surface area contributed by atoms with Crippen molar-refractivity contribution in [3.05, 3.63) is 143 Å².